The Morgan fingerprint density at radius 1 is 0.964 bits per heavy atom. The van der Waals surface area contributed by atoms with E-state index in [1.54, 1.807) is 33.8 Å². The van der Waals surface area contributed by atoms with Crippen molar-refractivity contribution in [2.24, 2.45) is 0 Å². The Bertz CT molecular complexity index is 930. The van der Waals surface area contributed by atoms with E-state index in [1.807, 2.05) is 32.0 Å². The van der Waals surface area contributed by atoms with Gasteiger partial charge in [-0.05, 0) is 81.0 Å². The van der Waals surface area contributed by atoms with E-state index in [0.717, 1.165) is 27.8 Å². The van der Waals surface area contributed by atoms with Crippen LogP contribution in [0.1, 0.15) is 57.2 Å². The van der Waals surface area contributed by atoms with Crippen LogP contribution in [0.25, 0.3) is 11.1 Å². The van der Waals surface area contributed by atoms with E-state index < -0.39 is 17.1 Å². The van der Waals surface area contributed by atoms with Crippen LogP contribution in [0.3, 0.4) is 0 Å². The number of halogens is 1. The lowest BCUT2D eigenvalue weighted by Crippen LogP contribution is -2.58. The molecule has 1 saturated heterocycles. The molecular formula is C24H27FO3. The highest BCUT2D eigenvalue weighted by Crippen LogP contribution is 2.40. The molecule has 0 N–H and O–H groups in total. The van der Waals surface area contributed by atoms with Crippen LogP contribution >= 0.6 is 0 Å². The molecule has 0 spiro atoms. The molecule has 0 aromatic heterocycles. The largest absolute Gasteiger partial charge is 0.354 e. The summed E-state index contributed by atoms with van der Waals surface area (Å²) in [4.78, 5) is 26.1. The fourth-order valence-corrected chi connectivity index (χ4v) is 4.10. The van der Waals surface area contributed by atoms with Crippen LogP contribution in [0.4, 0.5) is 4.39 Å². The first-order chi connectivity index (χ1) is 13.0. The van der Waals surface area contributed by atoms with Crippen molar-refractivity contribution < 1.29 is 18.7 Å². The maximum atomic E-state index is 13.8. The van der Waals surface area contributed by atoms with Crippen LogP contribution in [0.15, 0.2) is 36.4 Å². The van der Waals surface area contributed by atoms with Gasteiger partial charge in [-0.25, -0.2) is 4.39 Å². The summed E-state index contributed by atoms with van der Waals surface area (Å²) in [6.07, 6.45) is 0.663. The molecule has 0 atom stereocenters. The van der Waals surface area contributed by atoms with E-state index in [2.05, 4.69) is 0 Å². The first kappa shape index (κ1) is 20.4. The summed E-state index contributed by atoms with van der Waals surface area (Å²) in [7, 11) is 0. The van der Waals surface area contributed by atoms with Crippen molar-refractivity contribution >= 4 is 11.6 Å². The van der Waals surface area contributed by atoms with Gasteiger partial charge in [-0.2, -0.15) is 0 Å². The molecule has 1 aliphatic heterocycles. The Morgan fingerprint density at radius 2 is 1.57 bits per heavy atom. The molecule has 1 aliphatic rings. The Balaban J connectivity index is 2.13. The topological polar surface area (TPSA) is 43.4 Å². The van der Waals surface area contributed by atoms with Gasteiger partial charge >= 0.3 is 0 Å². The van der Waals surface area contributed by atoms with Gasteiger partial charge in [0, 0.05) is 0 Å². The van der Waals surface area contributed by atoms with Gasteiger partial charge in [0.05, 0.1) is 0 Å². The van der Waals surface area contributed by atoms with E-state index in [-0.39, 0.29) is 17.4 Å². The standard InChI is InChI=1S/C24H27FO3/c1-7-15-12-16(19-13-17(25)10-8-14(19)2)9-11-18(15)20-21(26)23(3,4)28-24(5,6)22(20)27/h8-13,20H,7H2,1-6H3. The number of benzene rings is 2. The lowest BCUT2D eigenvalue weighted by molar-refractivity contribution is -0.184. The molecule has 1 heterocycles. The zero-order valence-corrected chi connectivity index (χ0v) is 17.4. The first-order valence-corrected chi connectivity index (χ1v) is 9.66. The molecule has 0 unspecified atom stereocenters. The van der Waals surface area contributed by atoms with Gasteiger partial charge in [0.25, 0.3) is 0 Å². The minimum absolute atomic E-state index is 0.221. The van der Waals surface area contributed by atoms with E-state index >= 15 is 0 Å². The average molecular weight is 382 g/mol. The normalized spacial score (nSPS) is 19.1. The quantitative estimate of drug-likeness (QED) is 0.688. The number of Topliss-reactive ketones (excluding diaryl/α,β-unsaturated/α-hetero) is 2. The SMILES string of the molecule is CCc1cc(-c2cc(F)ccc2C)ccc1C1C(=O)C(C)(C)OC(C)(C)C1=O. The van der Waals surface area contributed by atoms with Crippen LogP contribution in [0.5, 0.6) is 0 Å². The molecule has 0 saturated carbocycles. The number of hydrogen-bond donors (Lipinski definition) is 0. The maximum absolute atomic E-state index is 13.8. The molecule has 28 heavy (non-hydrogen) atoms. The van der Waals surface area contributed by atoms with Crippen molar-refractivity contribution in [3.8, 4) is 11.1 Å². The van der Waals surface area contributed by atoms with E-state index in [0.29, 0.717) is 6.42 Å². The minimum atomic E-state index is -1.04. The highest BCUT2D eigenvalue weighted by atomic mass is 19.1. The number of hydrogen-bond acceptors (Lipinski definition) is 3. The summed E-state index contributed by atoms with van der Waals surface area (Å²) in [5, 5.41) is 0. The monoisotopic (exact) mass is 382 g/mol. The number of aryl methyl sites for hydroxylation is 2. The summed E-state index contributed by atoms with van der Waals surface area (Å²) < 4.78 is 19.5. The summed E-state index contributed by atoms with van der Waals surface area (Å²) in [6, 6.07) is 10.4. The van der Waals surface area contributed by atoms with Gasteiger partial charge in [0.2, 0.25) is 0 Å². The van der Waals surface area contributed by atoms with Crippen molar-refractivity contribution in [3.05, 3.63) is 58.9 Å². The van der Waals surface area contributed by atoms with E-state index in [4.69, 9.17) is 4.74 Å². The number of carbonyl (C=O) groups excluding carboxylic acids is 2. The second kappa shape index (κ2) is 6.93. The predicted octanol–water partition coefficient (Wildman–Crippen LogP) is 5.17. The lowest BCUT2D eigenvalue weighted by Gasteiger charge is -2.43. The smallest absolute Gasteiger partial charge is 0.179 e. The third kappa shape index (κ3) is 3.42. The fourth-order valence-electron chi connectivity index (χ4n) is 4.10. The highest BCUT2D eigenvalue weighted by molar-refractivity contribution is 6.15. The molecule has 3 nitrogen and oxygen atoms in total. The van der Waals surface area contributed by atoms with E-state index in [1.165, 1.54) is 12.1 Å². The van der Waals surface area contributed by atoms with Crippen molar-refractivity contribution in [2.75, 3.05) is 0 Å². The van der Waals surface area contributed by atoms with Gasteiger partial charge in [-0.3, -0.25) is 9.59 Å². The van der Waals surface area contributed by atoms with Crippen molar-refractivity contribution in [3.63, 3.8) is 0 Å². The average Bonchev–Trinajstić information content (AvgIpc) is 2.62. The lowest BCUT2D eigenvalue weighted by atomic mass is 9.73. The van der Waals surface area contributed by atoms with E-state index in [9.17, 15) is 14.0 Å². The van der Waals surface area contributed by atoms with Gasteiger partial charge in [-0.15, -0.1) is 0 Å². The molecule has 0 bridgehead atoms. The van der Waals surface area contributed by atoms with Gasteiger partial charge in [-0.1, -0.05) is 31.2 Å². The van der Waals surface area contributed by atoms with Crippen LogP contribution in [0.2, 0.25) is 0 Å². The molecule has 148 valence electrons. The molecule has 1 fully saturated rings. The molecule has 3 rings (SSSR count). The molecule has 4 heteroatoms. The Labute approximate surface area is 165 Å². The zero-order valence-electron chi connectivity index (χ0n) is 17.4. The van der Waals surface area contributed by atoms with Gasteiger partial charge < -0.3 is 4.74 Å². The molecule has 0 aliphatic carbocycles. The van der Waals surface area contributed by atoms with Crippen molar-refractivity contribution in [2.45, 2.75) is 65.1 Å². The van der Waals surface area contributed by atoms with Crippen molar-refractivity contribution in [1.29, 1.82) is 0 Å². The Morgan fingerprint density at radius 3 is 2.14 bits per heavy atom. The second-order valence-electron chi connectivity index (χ2n) is 8.51. The predicted molar refractivity (Wildman–Crippen MR) is 108 cm³/mol. The van der Waals surface area contributed by atoms with Crippen LogP contribution in [0, 0.1) is 12.7 Å². The summed E-state index contributed by atoms with van der Waals surface area (Å²) in [5.74, 6) is -1.58. The first-order valence-electron chi connectivity index (χ1n) is 9.66. The number of ketones is 2. The van der Waals surface area contributed by atoms with Crippen LogP contribution in [-0.4, -0.2) is 22.8 Å². The molecule has 2 aromatic carbocycles. The summed E-state index contributed by atoms with van der Waals surface area (Å²) in [5.41, 5.74) is 2.22. The fraction of sp³-hybridized carbons (Fsp3) is 0.417. The Hall–Kier alpha value is -2.33. The minimum Gasteiger partial charge on any atom is -0.354 e. The second-order valence-corrected chi connectivity index (χ2v) is 8.51. The third-order valence-corrected chi connectivity index (χ3v) is 5.57. The number of carbonyl (C=O) groups is 2. The third-order valence-electron chi connectivity index (χ3n) is 5.57. The highest BCUT2D eigenvalue weighted by Gasteiger charge is 2.53. The van der Waals surface area contributed by atoms with Gasteiger partial charge in [0.15, 0.2) is 11.6 Å². The molecule has 0 radical (unpaired) electrons. The molecular weight excluding hydrogens is 355 g/mol. The van der Waals surface area contributed by atoms with Crippen molar-refractivity contribution in [1.82, 2.24) is 0 Å². The zero-order chi connectivity index (χ0) is 20.9. The van der Waals surface area contributed by atoms with Crippen LogP contribution in [-0.2, 0) is 20.7 Å². The van der Waals surface area contributed by atoms with Crippen LogP contribution < -0.4 is 0 Å². The number of ether oxygens (including phenoxy) is 1. The molecule has 0 amide bonds. The molecule has 2 aromatic rings. The Kier molecular flexibility index (Phi) is 5.05. The summed E-state index contributed by atoms with van der Waals surface area (Å²) >= 11 is 0. The van der Waals surface area contributed by atoms with Gasteiger partial charge in [0.1, 0.15) is 22.9 Å². The number of rotatable bonds is 3. The summed E-state index contributed by atoms with van der Waals surface area (Å²) in [6.45, 7) is 10.8. The maximum Gasteiger partial charge on any atom is 0.179 e.